The normalized spacial score (nSPS) is 3.83. The summed E-state index contributed by atoms with van der Waals surface area (Å²) in [5.74, 6) is 0. The maximum atomic E-state index is 3.36. The van der Waals surface area contributed by atoms with E-state index >= 15 is 0 Å². The fraction of sp³-hybridized carbons (Fsp3) is 0.333. The van der Waals surface area contributed by atoms with Gasteiger partial charge in [0.2, 0.25) is 0 Å². The van der Waals surface area contributed by atoms with Crippen molar-refractivity contribution in [1.29, 1.82) is 0 Å². The molecule has 0 aliphatic carbocycles. The van der Waals surface area contributed by atoms with Gasteiger partial charge in [-0.25, -0.2) is 0 Å². The molecule has 0 rings (SSSR count). The van der Waals surface area contributed by atoms with Gasteiger partial charge in [0, 0.05) is 0 Å². The van der Waals surface area contributed by atoms with Crippen molar-refractivity contribution in [3.8, 4) is 0 Å². The number of allylic oxidation sites excluding steroid dienone is 1. The van der Waals surface area contributed by atoms with Crippen LogP contribution in [-0.4, -0.2) is 0 Å². The van der Waals surface area contributed by atoms with Gasteiger partial charge in [-0.1, -0.05) is 6.08 Å². The van der Waals surface area contributed by atoms with Crippen LogP contribution in [0.1, 0.15) is 6.92 Å². The molecule has 0 atom stereocenters. The van der Waals surface area contributed by atoms with Gasteiger partial charge in [0.15, 0.2) is 0 Å². The average molecular weight is 361 g/mol. The molecular formula is C3H6I2Zn. The van der Waals surface area contributed by atoms with Gasteiger partial charge >= 0.3 is 49.6 Å². The van der Waals surface area contributed by atoms with Crippen molar-refractivity contribution >= 4 is 39.5 Å². The summed E-state index contributed by atoms with van der Waals surface area (Å²) in [6.45, 7) is 5.25. The van der Waals surface area contributed by atoms with Crippen LogP contribution in [0.2, 0.25) is 0 Å². The van der Waals surface area contributed by atoms with Gasteiger partial charge in [-0.3, -0.25) is 0 Å². The third kappa shape index (κ3) is 40.7. The van der Waals surface area contributed by atoms with Crippen LogP contribution in [0.15, 0.2) is 12.7 Å². The van der Waals surface area contributed by atoms with E-state index in [9.17, 15) is 0 Å². The molecule has 6 heavy (non-hydrogen) atoms. The molecule has 0 radical (unpaired) electrons. The Morgan fingerprint density at radius 1 is 1.67 bits per heavy atom. The van der Waals surface area contributed by atoms with Crippen LogP contribution in [0.4, 0.5) is 0 Å². The molecule has 0 saturated carbocycles. The van der Waals surface area contributed by atoms with Gasteiger partial charge < -0.3 is 0 Å². The summed E-state index contributed by atoms with van der Waals surface area (Å²) in [5, 5.41) is 0. The molecule has 3 heteroatoms. The standard InChI is InChI=1S/C3H6.2HI.Zn/c1-3-2;;;/h3H,1H2,2H3;2*1H;/q;;;+2/p-2. The Kier molecular flexibility index (Phi) is 28.3. The Balaban J connectivity index is 0. The van der Waals surface area contributed by atoms with Crippen molar-refractivity contribution in [2.24, 2.45) is 0 Å². The van der Waals surface area contributed by atoms with E-state index in [-0.39, 0.29) is 10.1 Å². The van der Waals surface area contributed by atoms with E-state index in [1.165, 1.54) is 0 Å². The first kappa shape index (κ1) is 10.7. The van der Waals surface area contributed by atoms with E-state index in [0.717, 1.165) is 0 Å². The second-order valence-corrected chi connectivity index (χ2v) is 24.0. The van der Waals surface area contributed by atoms with Gasteiger partial charge in [-0.2, -0.15) is 0 Å². The van der Waals surface area contributed by atoms with Crippen molar-refractivity contribution < 1.29 is 10.1 Å². The number of rotatable bonds is 0. The van der Waals surface area contributed by atoms with Gasteiger partial charge in [0.1, 0.15) is 0 Å². The summed E-state index contributed by atoms with van der Waals surface area (Å²) in [6.07, 6.45) is 1.75. The fourth-order valence-corrected chi connectivity index (χ4v) is 0. The molecule has 0 nitrogen and oxygen atoms in total. The van der Waals surface area contributed by atoms with Crippen molar-refractivity contribution in [3.63, 3.8) is 0 Å². The molecule has 0 aromatic carbocycles. The molecular weight excluding hydrogens is 355 g/mol. The van der Waals surface area contributed by atoms with Crippen LogP contribution in [-0.2, 0) is 10.1 Å². The third-order valence-corrected chi connectivity index (χ3v) is 0. The van der Waals surface area contributed by atoms with Crippen molar-refractivity contribution in [2.45, 2.75) is 6.92 Å². The van der Waals surface area contributed by atoms with E-state index in [0.29, 0.717) is 0 Å². The van der Waals surface area contributed by atoms with Crippen LogP contribution in [0.25, 0.3) is 0 Å². The molecule has 0 saturated heterocycles. The van der Waals surface area contributed by atoms with Crippen LogP contribution in [0, 0.1) is 0 Å². The molecule has 0 amide bonds. The molecule has 34 valence electrons. The number of hydrogen-bond acceptors (Lipinski definition) is 0. The molecule has 0 spiro atoms. The van der Waals surface area contributed by atoms with Crippen molar-refractivity contribution in [3.05, 3.63) is 12.7 Å². The Labute approximate surface area is 68.1 Å². The van der Waals surface area contributed by atoms with Crippen molar-refractivity contribution in [2.75, 3.05) is 0 Å². The summed E-state index contributed by atoms with van der Waals surface area (Å²) >= 11 is 4.93. The summed E-state index contributed by atoms with van der Waals surface area (Å²) < 4.78 is 0. The van der Waals surface area contributed by atoms with Gasteiger partial charge in [-0.15, -0.1) is 6.58 Å². The Morgan fingerprint density at radius 3 is 1.67 bits per heavy atom. The SMILES string of the molecule is C=CC.[I][Zn][I]. The average Bonchev–Trinajstić information content (AvgIpc) is 1.39. The van der Waals surface area contributed by atoms with Gasteiger partial charge in [-0.05, 0) is 6.92 Å². The van der Waals surface area contributed by atoms with Crippen LogP contribution in [0.3, 0.4) is 0 Å². The first-order valence-electron chi connectivity index (χ1n) is 1.52. The van der Waals surface area contributed by atoms with E-state index in [4.69, 9.17) is 0 Å². The zero-order valence-corrected chi connectivity index (χ0v) is 11.0. The second-order valence-electron chi connectivity index (χ2n) is 0.509. The Hall–Kier alpha value is 1.82. The zero-order valence-electron chi connectivity index (χ0n) is 3.75. The molecule has 0 unspecified atom stereocenters. The molecule has 0 aliphatic heterocycles. The molecule has 0 aromatic rings. The first-order chi connectivity index (χ1) is 2.83. The third-order valence-electron chi connectivity index (χ3n) is 0. The molecule has 0 fully saturated rings. The van der Waals surface area contributed by atoms with Crippen molar-refractivity contribution in [1.82, 2.24) is 0 Å². The minimum atomic E-state index is 0.0650. The fourth-order valence-electron chi connectivity index (χ4n) is 0. The van der Waals surface area contributed by atoms with E-state index in [1.807, 2.05) is 6.92 Å². The topological polar surface area (TPSA) is 0 Å². The van der Waals surface area contributed by atoms with Crippen LogP contribution < -0.4 is 0 Å². The number of hydrogen-bond donors (Lipinski definition) is 0. The van der Waals surface area contributed by atoms with Crippen LogP contribution >= 0.6 is 39.5 Å². The predicted octanol–water partition coefficient (Wildman–Crippen LogP) is 2.96. The van der Waals surface area contributed by atoms with Gasteiger partial charge in [0.05, 0.1) is 0 Å². The Bertz CT molecular complexity index is 22.8. The molecule has 0 aromatic heterocycles. The predicted molar refractivity (Wildman–Crippen MR) is 43.9 cm³/mol. The molecule has 0 aliphatic rings. The summed E-state index contributed by atoms with van der Waals surface area (Å²) in [4.78, 5) is 0. The first-order valence-corrected chi connectivity index (χ1v) is 19.6. The summed E-state index contributed by atoms with van der Waals surface area (Å²) in [5.41, 5.74) is 0. The van der Waals surface area contributed by atoms with E-state index in [2.05, 4.69) is 46.1 Å². The van der Waals surface area contributed by atoms with E-state index in [1.54, 1.807) is 6.08 Å². The Morgan fingerprint density at radius 2 is 1.67 bits per heavy atom. The molecule has 0 N–H and O–H groups in total. The van der Waals surface area contributed by atoms with Gasteiger partial charge in [0.25, 0.3) is 0 Å². The van der Waals surface area contributed by atoms with E-state index < -0.39 is 0 Å². The summed E-state index contributed by atoms with van der Waals surface area (Å²) in [6, 6.07) is 0. The number of halogens is 2. The maximum absolute atomic E-state index is 3.36. The second kappa shape index (κ2) is 15.8. The van der Waals surface area contributed by atoms with Crippen LogP contribution in [0.5, 0.6) is 0 Å². The summed E-state index contributed by atoms with van der Waals surface area (Å²) in [7, 11) is 0.0650. The molecule has 0 bridgehead atoms. The zero-order chi connectivity index (χ0) is 5.41. The molecule has 0 heterocycles. The quantitative estimate of drug-likeness (QED) is 0.354. The monoisotopic (exact) mass is 360 g/mol. The minimum absolute atomic E-state index is 0.0650.